The number of benzene rings is 1. The molecular weight excluding hydrogens is 346 g/mol. The summed E-state index contributed by atoms with van der Waals surface area (Å²) in [5, 5.41) is 10.9. The smallest absolute Gasteiger partial charge is 0.312 e. The van der Waals surface area contributed by atoms with E-state index in [1.54, 1.807) is 0 Å². The van der Waals surface area contributed by atoms with Gasteiger partial charge in [-0.1, -0.05) is 31.9 Å². The monoisotopic (exact) mass is 351 g/mol. The van der Waals surface area contributed by atoms with Gasteiger partial charge in [-0.3, -0.25) is 14.9 Å². The summed E-state index contributed by atoms with van der Waals surface area (Å²) < 4.78 is 5.37. The van der Waals surface area contributed by atoms with Crippen molar-refractivity contribution in [3.8, 4) is 5.75 Å². The highest BCUT2D eigenvalue weighted by molar-refractivity contribution is 9.10. The number of hydrogen-bond acceptors (Lipinski definition) is 4. The van der Waals surface area contributed by atoms with Crippen LogP contribution in [0.2, 0.25) is 0 Å². The molecular formula is C9H7Br2NO4. The summed E-state index contributed by atoms with van der Waals surface area (Å²) >= 11 is 6.13. The number of nitro groups is 1. The van der Waals surface area contributed by atoms with Gasteiger partial charge in [-0.2, -0.15) is 0 Å². The molecule has 0 aliphatic carbocycles. The molecule has 0 aromatic heterocycles. The molecule has 1 rings (SSSR count). The summed E-state index contributed by atoms with van der Waals surface area (Å²) in [4.78, 5) is 21.7. The number of ketones is 1. The van der Waals surface area contributed by atoms with Crippen LogP contribution >= 0.6 is 31.9 Å². The zero-order chi connectivity index (χ0) is 12.3. The lowest BCUT2D eigenvalue weighted by molar-refractivity contribution is -0.385. The third kappa shape index (κ3) is 2.59. The minimum absolute atomic E-state index is 0.0161. The summed E-state index contributed by atoms with van der Waals surface area (Å²) in [5.74, 6) is -0.293. The van der Waals surface area contributed by atoms with Crippen molar-refractivity contribution in [3.63, 3.8) is 0 Å². The van der Waals surface area contributed by atoms with Gasteiger partial charge in [-0.05, 0) is 6.07 Å². The largest absolute Gasteiger partial charge is 0.490 e. The minimum atomic E-state index is -0.589. The van der Waals surface area contributed by atoms with Gasteiger partial charge in [0.25, 0.3) is 0 Å². The quantitative estimate of drug-likeness (QED) is 0.361. The second kappa shape index (κ2) is 5.40. The van der Waals surface area contributed by atoms with E-state index in [1.807, 2.05) is 0 Å². The van der Waals surface area contributed by atoms with Crippen LogP contribution in [0.1, 0.15) is 10.4 Å². The molecule has 0 spiro atoms. The Morgan fingerprint density at radius 3 is 2.62 bits per heavy atom. The van der Waals surface area contributed by atoms with Gasteiger partial charge in [-0.25, -0.2) is 0 Å². The number of nitrogens with zero attached hydrogens (tertiary/aromatic N) is 1. The number of halogens is 2. The number of carbonyl (C=O) groups is 1. The fraction of sp³-hybridized carbons (Fsp3) is 0.222. The number of hydrogen-bond donors (Lipinski definition) is 0. The van der Waals surface area contributed by atoms with Crippen molar-refractivity contribution in [2.45, 2.75) is 0 Å². The van der Waals surface area contributed by atoms with Crippen LogP contribution in [0.3, 0.4) is 0 Å². The molecule has 1 aromatic rings. The zero-order valence-electron chi connectivity index (χ0n) is 8.20. The fourth-order valence-electron chi connectivity index (χ4n) is 1.21. The van der Waals surface area contributed by atoms with E-state index in [0.29, 0.717) is 4.47 Å². The van der Waals surface area contributed by atoms with Crippen LogP contribution in [0.25, 0.3) is 0 Å². The molecule has 0 heterocycles. The van der Waals surface area contributed by atoms with E-state index in [-0.39, 0.29) is 28.1 Å². The first kappa shape index (κ1) is 13.1. The molecule has 0 unspecified atom stereocenters. The summed E-state index contributed by atoms with van der Waals surface area (Å²) in [6, 6.07) is 2.79. The summed E-state index contributed by atoms with van der Waals surface area (Å²) in [6.45, 7) is 0. The van der Waals surface area contributed by atoms with Gasteiger partial charge in [0.15, 0.2) is 5.78 Å². The molecule has 0 bridgehead atoms. The second-order valence-corrected chi connectivity index (χ2v) is 4.30. The highest BCUT2D eigenvalue weighted by Crippen LogP contribution is 2.34. The number of Topliss-reactive ketones (excluding diaryl/α,β-unsaturated/α-hetero) is 1. The van der Waals surface area contributed by atoms with Crippen molar-refractivity contribution >= 4 is 43.3 Å². The highest BCUT2D eigenvalue weighted by Gasteiger charge is 2.23. The lowest BCUT2D eigenvalue weighted by atomic mass is 10.1. The van der Waals surface area contributed by atoms with Gasteiger partial charge in [0.05, 0.1) is 22.9 Å². The lowest BCUT2D eigenvalue weighted by Gasteiger charge is -2.07. The molecule has 0 atom stereocenters. The molecule has 0 aliphatic rings. The molecule has 0 N–H and O–H groups in total. The number of carbonyl (C=O) groups excluding carboxylic acids is 1. The highest BCUT2D eigenvalue weighted by atomic mass is 79.9. The molecule has 0 amide bonds. The van der Waals surface area contributed by atoms with E-state index in [0.717, 1.165) is 0 Å². The van der Waals surface area contributed by atoms with E-state index in [2.05, 4.69) is 31.9 Å². The minimum Gasteiger partial charge on any atom is -0.490 e. The first-order chi connectivity index (χ1) is 7.51. The molecule has 16 heavy (non-hydrogen) atoms. The van der Waals surface area contributed by atoms with E-state index >= 15 is 0 Å². The zero-order valence-corrected chi connectivity index (χ0v) is 11.4. The van der Waals surface area contributed by atoms with Crippen LogP contribution in [0.15, 0.2) is 16.6 Å². The maximum absolute atomic E-state index is 11.5. The maximum atomic E-state index is 11.5. The van der Waals surface area contributed by atoms with Gasteiger partial charge in [0.1, 0.15) is 0 Å². The Bertz CT molecular complexity index is 447. The van der Waals surface area contributed by atoms with Gasteiger partial charge < -0.3 is 4.74 Å². The van der Waals surface area contributed by atoms with Gasteiger partial charge in [-0.15, -0.1) is 0 Å². The van der Waals surface area contributed by atoms with Crippen LogP contribution in [0.4, 0.5) is 5.69 Å². The predicted molar refractivity (Wildman–Crippen MR) is 65.5 cm³/mol. The van der Waals surface area contributed by atoms with Crippen LogP contribution in [0, 0.1) is 10.1 Å². The third-order valence-electron chi connectivity index (χ3n) is 1.86. The van der Waals surface area contributed by atoms with Crippen LogP contribution in [-0.4, -0.2) is 23.1 Å². The second-order valence-electron chi connectivity index (χ2n) is 2.82. The number of ether oxygens (including phenoxy) is 1. The summed E-state index contributed by atoms with van der Waals surface area (Å²) in [7, 11) is 1.29. The molecule has 0 fully saturated rings. The maximum Gasteiger partial charge on any atom is 0.312 e. The molecule has 0 radical (unpaired) electrons. The Kier molecular flexibility index (Phi) is 4.43. The number of rotatable bonds is 4. The average Bonchev–Trinajstić information content (AvgIpc) is 2.26. The Balaban J connectivity index is 3.48. The lowest BCUT2D eigenvalue weighted by Crippen LogP contribution is -2.05. The topological polar surface area (TPSA) is 69.4 Å². The van der Waals surface area contributed by atoms with Crippen LogP contribution in [-0.2, 0) is 0 Å². The van der Waals surface area contributed by atoms with Crippen LogP contribution < -0.4 is 4.74 Å². The average molecular weight is 353 g/mol. The van der Waals surface area contributed by atoms with Crippen molar-refractivity contribution in [3.05, 3.63) is 32.3 Å². The molecule has 1 aromatic carbocycles. The van der Waals surface area contributed by atoms with Gasteiger partial charge >= 0.3 is 5.69 Å². The first-order valence-corrected chi connectivity index (χ1v) is 6.03. The molecule has 86 valence electrons. The van der Waals surface area contributed by atoms with Gasteiger partial charge in [0.2, 0.25) is 5.75 Å². The van der Waals surface area contributed by atoms with Crippen molar-refractivity contribution in [2.75, 3.05) is 12.4 Å². The van der Waals surface area contributed by atoms with E-state index < -0.39 is 4.92 Å². The molecule has 0 saturated heterocycles. The number of alkyl halides is 1. The van der Waals surface area contributed by atoms with E-state index in [9.17, 15) is 14.9 Å². The van der Waals surface area contributed by atoms with E-state index in [4.69, 9.17) is 4.74 Å². The van der Waals surface area contributed by atoms with Crippen LogP contribution in [0.5, 0.6) is 5.75 Å². The summed E-state index contributed by atoms with van der Waals surface area (Å²) in [6.07, 6.45) is 0. The molecule has 0 aliphatic heterocycles. The normalized spacial score (nSPS) is 9.94. The van der Waals surface area contributed by atoms with Crippen molar-refractivity contribution in [1.29, 1.82) is 0 Å². The Morgan fingerprint density at radius 1 is 1.56 bits per heavy atom. The fourth-order valence-corrected chi connectivity index (χ4v) is 1.96. The third-order valence-corrected chi connectivity index (χ3v) is 2.82. The Morgan fingerprint density at radius 2 is 2.19 bits per heavy atom. The van der Waals surface area contributed by atoms with Crippen molar-refractivity contribution in [2.24, 2.45) is 0 Å². The standard InChI is InChI=1S/C9H7Br2NO4/c1-16-9-6(8(13)4-10)2-5(11)3-7(9)12(14)15/h2-3H,4H2,1H3. The molecule has 0 saturated carbocycles. The SMILES string of the molecule is COc1c(C(=O)CBr)cc(Br)cc1[N+](=O)[O-]. The number of nitro benzene ring substituents is 1. The molecule has 5 nitrogen and oxygen atoms in total. The predicted octanol–water partition coefficient (Wildman–Crippen LogP) is 2.94. The Labute approximate surface area is 108 Å². The number of methoxy groups -OCH3 is 1. The summed E-state index contributed by atoms with van der Waals surface area (Å²) in [5.41, 5.74) is -0.0541. The van der Waals surface area contributed by atoms with Gasteiger partial charge in [0, 0.05) is 10.5 Å². The van der Waals surface area contributed by atoms with E-state index in [1.165, 1.54) is 19.2 Å². The Hall–Kier alpha value is -0.950. The van der Waals surface area contributed by atoms with Crippen molar-refractivity contribution in [1.82, 2.24) is 0 Å². The first-order valence-electron chi connectivity index (χ1n) is 4.12. The van der Waals surface area contributed by atoms with Crippen molar-refractivity contribution < 1.29 is 14.5 Å². The molecule has 7 heteroatoms.